The van der Waals surface area contributed by atoms with Gasteiger partial charge in [-0.1, -0.05) is 63.3 Å². The number of fused-ring (bicyclic) bond motifs is 2. The van der Waals surface area contributed by atoms with Gasteiger partial charge in [0.15, 0.2) is 0 Å². The Labute approximate surface area is 154 Å². The lowest BCUT2D eigenvalue weighted by atomic mass is 10.0. The van der Waals surface area contributed by atoms with E-state index in [0.29, 0.717) is 0 Å². The van der Waals surface area contributed by atoms with Gasteiger partial charge in [-0.3, -0.25) is 0 Å². The molecule has 4 unspecified atom stereocenters. The van der Waals surface area contributed by atoms with Gasteiger partial charge in [0, 0.05) is 0 Å². The highest BCUT2D eigenvalue weighted by atomic mass is 28.3. The number of benzene rings is 2. The van der Waals surface area contributed by atoms with Crippen LogP contribution in [0.15, 0.2) is 36.4 Å². The standard InChI is InChI=1S/C24H32Si/c1-15-9-7-11-19-21(15)13-17(3)23(19)25(5,6)24-18(4)14-22-16(2)10-8-12-20(22)24/h7-12,17-18,23-24H,13-14H2,1-6H3. The van der Waals surface area contributed by atoms with Crippen molar-refractivity contribution in [2.75, 3.05) is 0 Å². The van der Waals surface area contributed by atoms with Crippen molar-refractivity contribution in [3.63, 3.8) is 0 Å². The van der Waals surface area contributed by atoms with Crippen LogP contribution in [0.25, 0.3) is 0 Å². The normalized spacial score (nSPS) is 28.1. The van der Waals surface area contributed by atoms with Crippen molar-refractivity contribution in [2.45, 2.75) is 64.7 Å². The van der Waals surface area contributed by atoms with Crippen LogP contribution in [-0.2, 0) is 12.8 Å². The fourth-order valence-electron chi connectivity index (χ4n) is 6.54. The van der Waals surface area contributed by atoms with E-state index in [9.17, 15) is 0 Å². The summed E-state index contributed by atoms with van der Waals surface area (Å²) < 4.78 is 0. The molecule has 0 amide bonds. The molecule has 2 aliphatic carbocycles. The summed E-state index contributed by atoms with van der Waals surface area (Å²) in [5.41, 5.74) is 11.3. The van der Waals surface area contributed by atoms with E-state index in [1.54, 1.807) is 22.3 Å². The molecular weight excluding hydrogens is 316 g/mol. The quantitative estimate of drug-likeness (QED) is 0.555. The van der Waals surface area contributed by atoms with Crippen LogP contribution in [0.1, 0.15) is 58.3 Å². The molecule has 0 aliphatic heterocycles. The summed E-state index contributed by atoms with van der Waals surface area (Å²) in [6.07, 6.45) is 2.57. The molecule has 4 rings (SSSR count). The van der Waals surface area contributed by atoms with Crippen molar-refractivity contribution in [3.05, 3.63) is 69.8 Å². The van der Waals surface area contributed by atoms with E-state index in [2.05, 4.69) is 77.2 Å². The third-order valence-electron chi connectivity index (χ3n) is 7.36. The average molecular weight is 349 g/mol. The van der Waals surface area contributed by atoms with Crippen LogP contribution in [0.2, 0.25) is 13.1 Å². The van der Waals surface area contributed by atoms with Crippen LogP contribution in [-0.4, -0.2) is 8.07 Å². The first kappa shape index (κ1) is 17.1. The van der Waals surface area contributed by atoms with Gasteiger partial charge in [-0.2, -0.15) is 0 Å². The van der Waals surface area contributed by atoms with Gasteiger partial charge >= 0.3 is 0 Å². The summed E-state index contributed by atoms with van der Waals surface area (Å²) in [4.78, 5) is 0. The lowest BCUT2D eigenvalue weighted by molar-refractivity contribution is 0.543. The molecule has 2 aliphatic rings. The summed E-state index contributed by atoms with van der Waals surface area (Å²) in [6.45, 7) is 15.0. The van der Waals surface area contributed by atoms with E-state index < -0.39 is 8.07 Å². The van der Waals surface area contributed by atoms with Crippen LogP contribution < -0.4 is 0 Å². The molecule has 0 saturated heterocycles. The predicted molar refractivity (Wildman–Crippen MR) is 111 cm³/mol. The molecule has 0 spiro atoms. The molecule has 0 heterocycles. The Morgan fingerprint density at radius 2 is 1.12 bits per heavy atom. The third kappa shape index (κ3) is 2.46. The Morgan fingerprint density at radius 1 is 0.720 bits per heavy atom. The smallest absolute Gasteiger partial charge is 0.0634 e. The number of aryl methyl sites for hydroxylation is 2. The molecule has 0 nitrogen and oxygen atoms in total. The van der Waals surface area contributed by atoms with Crippen molar-refractivity contribution in [1.29, 1.82) is 0 Å². The fraction of sp³-hybridized carbons (Fsp3) is 0.500. The van der Waals surface area contributed by atoms with Gasteiger partial charge in [-0.25, -0.2) is 0 Å². The highest BCUT2D eigenvalue weighted by Gasteiger charge is 2.50. The lowest BCUT2D eigenvalue weighted by Crippen LogP contribution is -2.45. The maximum Gasteiger partial charge on any atom is 0.0634 e. The van der Waals surface area contributed by atoms with Crippen LogP contribution in [0.4, 0.5) is 0 Å². The van der Waals surface area contributed by atoms with E-state index in [1.165, 1.54) is 24.0 Å². The van der Waals surface area contributed by atoms with Crippen LogP contribution >= 0.6 is 0 Å². The first-order valence-corrected chi connectivity index (χ1v) is 13.1. The predicted octanol–water partition coefficient (Wildman–Crippen LogP) is 6.34. The van der Waals surface area contributed by atoms with Gasteiger partial charge in [-0.15, -0.1) is 0 Å². The van der Waals surface area contributed by atoms with Crippen molar-refractivity contribution in [1.82, 2.24) is 0 Å². The summed E-state index contributed by atoms with van der Waals surface area (Å²) in [5, 5.41) is 0. The van der Waals surface area contributed by atoms with Gasteiger partial charge < -0.3 is 0 Å². The Balaban J connectivity index is 1.82. The maximum atomic E-state index is 2.68. The van der Waals surface area contributed by atoms with Crippen molar-refractivity contribution in [3.8, 4) is 0 Å². The van der Waals surface area contributed by atoms with E-state index in [4.69, 9.17) is 0 Å². The number of hydrogen-bond donors (Lipinski definition) is 0. The second-order valence-electron chi connectivity index (χ2n) is 9.42. The number of hydrogen-bond acceptors (Lipinski definition) is 0. The minimum Gasteiger partial charge on any atom is -0.0684 e. The van der Waals surface area contributed by atoms with Crippen molar-refractivity contribution in [2.24, 2.45) is 11.8 Å². The highest BCUT2D eigenvalue weighted by molar-refractivity contribution is 6.80. The van der Waals surface area contributed by atoms with Crippen molar-refractivity contribution >= 4 is 8.07 Å². The zero-order valence-corrected chi connectivity index (χ0v) is 17.7. The van der Waals surface area contributed by atoms with E-state index in [-0.39, 0.29) is 0 Å². The van der Waals surface area contributed by atoms with E-state index in [0.717, 1.165) is 22.9 Å². The molecule has 0 saturated carbocycles. The topological polar surface area (TPSA) is 0 Å². The highest BCUT2D eigenvalue weighted by Crippen LogP contribution is 2.54. The minimum absolute atomic E-state index is 0.791. The Morgan fingerprint density at radius 3 is 1.52 bits per heavy atom. The largest absolute Gasteiger partial charge is 0.0684 e. The van der Waals surface area contributed by atoms with E-state index in [1.807, 2.05) is 0 Å². The SMILES string of the molecule is Cc1cccc2c1CC(C)C2[Si](C)(C)C1c2cccc(C)c2CC1C. The van der Waals surface area contributed by atoms with E-state index >= 15 is 0 Å². The molecule has 4 atom stereocenters. The van der Waals surface area contributed by atoms with Gasteiger partial charge in [-0.05, 0) is 83.0 Å². The van der Waals surface area contributed by atoms with Gasteiger partial charge in [0.1, 0.15) is 0 Å². The zero-order valence-electron chi connectivity index (χ0n) is 16.7. The molecule has 0 bridgehead atoms. The molecule has 1 heteroatoms. The fourth-order valence-corrected chi connectivity index (χ4v) is 12.2. The summed E-state index contributed by atoms with van der Waals surface area (Å²) in [7, 11) is -1.51. The summed E-state index contributed by atoms with van der Waals surface area (Å²) >= 11 is 0. The van der Waals surface area contributed by atoms with Gasteiger partial charge in [0.05, 0.1) is 8.07 Å². The molecular formula is C24H32Si. The molecule has 0 N–H and O–H groups in total. The van der Waals surface area contributed by atoms with Gasteiger partial charge in [0.2, 0.25) is 0 Å². The second-order valence-corrected chi connectivity index (χ2v) is 14.3. The summed E-state index contributed by atoms with van der Waals surface area (Å²) in [6, 6.07) is 14.1. The number of rotatable bonds is 2. The third-order valence-corrected chi connectivity index (χ3v) is 12.3. The first-order chi connectivity index (χ1) is 11.8. The first-order valence-electron chi connectivity index (χ1n) is 9.99. The Hall–Kier alpha value is -1.34. The molecule has 2 aromatic rings. The molecule has 132 valence electrons. The molecule has 0 fully saturated rings. The minimum atomic E-state index is -1.51. The maximum absolute atomic E-state index is 2.68. The van der Waals surface area contributed by atoms with Crippen molar-refractivity contribution < 1.29 is 0 Å². The Kier molecular flexibility index (Phi) is 3.99. The Bertz CT molecular complexity index is 749. The molecule has 0 aromatic heterocycles. The average Bonchev–Trinajstić information content (AvgIpc) is 3.06. The van der Waals surface area contributed by atoms with Crippen LogP contribution in [0.3, 0.4) is 0 Å². The molecule has 2 aromatic carbocycles. The van der Waals surface area contributed by atoms with Crippen LogP contribution in [0, 0.1) is 25.7 Å². The second kappa shape index (κ2) is 5.84. The zero-order chi connectivity index (χ0) is 17.9. The molecule has 0 radical (unpaired) electrons. The van der Waals surface area contributed by atoms with Gasteiger partial charge in [0.25, 0.3) is 0 Å². The summed E-state index contributed by atoms with van der Waals surface area (Å²) in [5.74, 6) is 1.58. The molecule has 25 heavy (non-hydrogen) atoms. The lowest BCUT2D eigenvalue weighted by Gasteiger charge is -2.41. The van der Waals surface area contributed by atoms with Crippen LogP contribution in [0.5, 0.6) is 0 Å². The monoisotopic (exact) mass is 348 g/mol.